The molecule has 0 aliphatic carbocycles. The molecule has 116 valence electrons. The van der Waals surface area contributed by atoms with Crippen LogP contribution in [0.1, 0.15) is 32.3 Å². The summed E-state index contributed by atoms with van der Waals surface area (Å²) in [4.78, 5) is 12.1. The molecule has 2 N–H and O–H groups in total. The molecule has 2 aromatic carbocycles. The topological polar surface area (TPSA) is 41.1 Å². The molecule has 22 heavy (non-hydrogen) atoms. The van der Waals surface area contributed by atoms with E-state index in [1.165, 1.54) is 0 Å². The van der Waals surface area contributed by atoms with Crippen molar-refractivity contribution in [2.75, 3.05) is 10.6 Å². The van der Waals surface area contributed by atoms with Crippen LogP contribution in [0.3, 0.4) is 0 Å². The van der Waals surface area contributed by atoms with Crippen molar-refractivity contribution in [3.05, 3.63) is 60.2 Å². The number of carbonyl (C=O) groups is 1. The van der Waals surface area contributed by atoms with Gasteiger partial charge in [0, 0.05) is 17.4 Å². The van der Waals surface area contributed by atoms with Gasteiger partial charge < -0.3 is 10.6 Å². The van der Waals surface area contributed by atoms with Crippen molar-refractivity contribution in [1.82, 2.24) is 0 Å². The monoisotopic (exact) mass is 296 g/mol. The van der Waals surface area contributed by atoms with Gasteiger partial charge in [0.1, 0.15) is 0 Å². The number of rotatable bonds is 7. The van der Waals surface area contributed by atoms with Crippen molar-refractivity contribution in [2.45, 2.75) is 39.2 Å². The van der Waals surface area contributed by atoms with Crippen molar-refractivity contribution in [3.8, 4) is 0 Å². The van der Waals surface area contributed by atoms with Crippen molar-refractivity contribution in [1.29, 1.82) is 0 Å². The summed E-state index contributed by atoms with van der Waals surface area (Å²) in [5.41, 5.74) is 2.89. The third kappa shape index (κ3) is 5.24. The van der Waals surface area contributed by atoms with Crippen molar-refractivity contribution in [2.24, 2.45) is 0 Å². The molecule has 0 saturated carbocycles. The number of benzene rings is 2. The van der Waals surface area contributed by atoms with Crippen LogP contribution in [0.4, 0.5) is 11.4 Å². The standard InChI is InChI=1S/C19H24N2O/c1-3-8-15(2)20-17-11-7-12-18(14-17)21-19(22)13-16-9-5-4-6-10-16/h4-7,9-12,14-15,20H,3,8,13H2,1-2H3,(H,21,22). The van der Waals surface area contributed by atoms with E-state index in [9.17, 15) is 4.79 Å². The Bertz CT molecular complexity index is 595. The first-order valence-electron chi connectivity index (χ1n) is 7.87. The van der Waals surface area contributed by atoms with E-state index in [-0.39, 0.29) is 5.91 Å². The lowest BCUT2D eigenvalue weighted by Gasteiger charge is -2.15. The summed E-state index contributed by atoms with van der Waals surface area (Å²) in [6, 6.07) is 18.1. The predicted molar refractivity (Wildman–Crippen MR) is 93.2 cm³/mol. The van der Waals surface area contributed by atoms with Gasteiger partial charge in [0.05, 0.1) is 6.42 Å². The molecule has 0 radical (unpaired) electrons. The molecule has 0 aromatic heterocycles. The Hall–Kier alpha value is -2.29. The average molecular weight is 296 g/mol. The van der Waals surface area contributed by atoms with Gasteiger partial charge in [-0.05, 0) is 37.1 Å². The Morgan fingerprint density at radius 2 is 1.77 bits per heavy atom. The van der Waals surface area contributed by atoms with Crippen LogP contribution in [-0.2, 0) is 11.2 Å². The number of amides is 1. The van der Waals surface area contributed by atoms with Crippen molar-refractivity contribution < 1.29 is 4.79 Å². The zero-order chi connectivity index (χ0) is 15.8. The summed E-state index contributed by atoms with van der Waals surface area (Å²) in [6.07, 6.45) is 2.68. The highest BCUT2D eigenvalue weighted by Gasteiger charge is 2.05. The van der Waals surface area contributed by atoms with Gasteiger partial charge in [0.15, 0.2) is 0 Å². The molecule has 2 rings (SSSR count). The highest BCUT2D eigenvalue weighted by molar-refractivity contribution is 5.92. The molecule has 0 aliphatic rings. The van der Waals surface area contributed by atoms with E-state index in [0.717, 1.165) is 29.8 Å². The predicted octanol–water partition coefficient (Wildman–Crippen LogP) is 4.47. The molecular formula is C19H24N2O. The Morgan fingerprint density at radius 3 is 2.50 bits per heavy atom. The van der Waals surface area contributed by atoms with Gasteiger partial charge in [-0.1, -0.05) is 49.7 Å². The maximum Gasteiger partial charge on any atom is 0.228 e. The van der Waals surface area contributed by atoms with Gasteiger partial charge in [0.25, 0.3) is 0 Å². The van der Waals surface area contributed by atoms with E-state index >= 15 is 0 Å². The molecule has 0 spiro atoms. The van der Waals surface area contributed by atoms with E-state index in [1.54, 1.807) is 0 Å². The molecule has 0 saturated heterocycles. The molecule has 1 amide bonds. The Balaban J connectivity index is 1.93. The van der Waals surface area contributed by atoms with Crippen LogP contribution in [-0.4, -0.2) is 11.9 Å². The van der Waals surface area contributed by atoms with E-state index in [4.69, 9.17) is 0 Å². The lowest BCUT2D eigenvalue weighted by molar-refractivity contribution is -0.115. The molecule has 0 aliphatic heterocycles. The van der Waals surface area contributed by atoms with Crippen LogP contribution < -0.4 is 10.6 Å². The van der Waals surface area contributed by atoms with E-state index in [1.807, 2.05) is 54.6 Å². The molecule has 1 unspecified atom stereocenters. The molecule has 3 nitrogen and oxygen atoms in total. The third-order valence-electron chi connectivity index (χ3n) is 3.49. The smallest absolute Gasteiger partial charge is 0.228 e. The van der Waals surface area contributed by atoms with Crippen LogP contribution in [0, 0.1) is 0 Å². The molecule has 2 aromatic rings. The summed E-state index contributed by atoms with van der Waals surface area (Å²) in [5.74, 6) is 0.00459. The van der Waals surface area contributed by atoms with Gasteiger partial charge in [-0.15, -0.1) is 0 Å². The minimum absolute atomic E-state index is 0.00459. The van der Waals surface area contributed by atoms with Crippen molar-refractivity contribution >= 4 is 17.3 Å². The van der Waals surface area contributed by atoms with Crippen LogP contribution >= 0.6 is 0 Å². The van der Waals surface area contributed by atoms with Crippen LogP contribution in [0.2, 0.25) is 0 Å². The number of nitrogens with one attached hydrogen (secondary N) is 2. The lowest BCUT2D eigenvalue weighted by atomic mass is 10.1. The molecule has 0 fully saturated rings. The molecule has 3 heteroatoms. The zero-order valence-electron chi connectivity index (χ0n) is 13.3. The second kappa shape index (κ2) is 8.23. The summed E-state index contributed by atoms with van der Waals surface area (Å²) in [5, 5.41) is 6.41. The second-order valence-electron chi connectivity index (χ2n) is 5.63. The minimum atomic E-state index is 0.00459. The van der Waals surface area contributed by atoms with Gasteiger partial charge in [-0.3, -0.25) is 4.79 Å². The molecule has 1 atom stereocenters. The largest absolute Gasteiger partial charge is 0.383 e. The molecule has 0 bridgehead atoms. The summed E-state index contributed by atoms with van der Waals surface area (Å²) >= 11 is 0. The minimum Gasteiger partial charge on any atom is -0.383 e. The van der Waals surface area contributed by atoms with Gasteiger partial charge in [-0.2, -0.15) is 0 Å². The third-order valence-corrected chi connectivity index (χ3v) is 3.49. The normalized spacial score (nSPS) is 11.7. The fourth-order valence-electron chi connectivity index (χ4n) is 2.46. The van der Waals surface area contributed by atoms with Crippen LogP contribution in [0.15, 0.2) is 54.6 Å². The first-order valence-corrected chi connectivity index (χ1v) is 7.87. The van der Waals surface area contributed by atoms with Gasteiger partial charge in [-0.25, -0.2) is 0 Å². The average Bonchev–Trinajstić information content (AvgIpc) is 2.48. The Morgan fingerprint density at radius 1 is 1.05 bits per heavy atom. The number of carbonyl (C=O) groups excluding carboxylic acids is 1. The first-order chi connectivity index (χ1) is 10.7. The highest BCUT2D eigenvalue weighted by Crippen LogP contribution is 2.17. The maximum absolute atomic E-state index is 12.1. The number of hydrogen-bond donors (Lipinski definition) is 2. The molecular weight excluding hydrogens is 272 g/mol. The SMILES string of the molecule is CCCC(C)Nc1cccc(NC(=O)Cc2ccccc2)c1. The zero-order valence-corrected chi connectivity index (χ0v) is 13.3. The van der Waals surface area contributed by atoms with Crippen LogP contribution in [0.5, 0.6) is 0 Å². The van der Waals surface area contributed by atoms with Gasteiger partial charge in [0.2, 0.25) is 5.91 Å². The fourth-order valence-corrected chi connectivity index (χ4v) is 2.46. The van der Waals surface area contributed by atoms with E-state index in [2.05, 4.69) is 24.5 Å². The Kier molecular flexibility index (Phi) is 6.01. The summed E-state index contributed by atoms with van der Waals surface area (Å²) in [6.45, 7) is 4.35. The number of hydrogen-bond acceptors (Lipinski definition) is 2. The second-order valence-corrected chi connectivity index (χ2v) is 5.63. The lowest BCUT2D eigenvalue weighted by Crippen LogP contribution is -2.16. The van der Waals surface area contributed by atoms with Crippen LogP contribution in [0.25, 0.3) is 0 Å². The first kappa shape index (κ1) is 16.1. The fraction of sp³-hybridized carbons (Fsp3) is 0.316. The van der Waals surface area contributed by atoms with E-state index < -0.39 is 0 Å². The Labute approximate surface area is 132 Å². The van der Waals surface area contributed by atoms with Gasteiger partial charge >= 0.3 is 0 Å². The van der Waals surface area contributed by atoms with E-state index in [0.29, 0.717) is 12.5 Å². The molecule has 0 heterocycles. The highest BCUT2D eigenvalue weighted by atomic mass is 16.1. The summed E-state index contributed by atoms with van der Waals surface area (Å²) in [7, 11) is 0. The number of anilines is 2. The maximum atomic E-state index is 12.1. The van der Waals surface area contributed by atoms with Crippen molar-refractivity contribution in [3.63, 3.8) is 0 Å². The quantitative estimate of drug-likeness (QED) is 0.791. The summed E-state index contributed by atoms with van der Waals surface area (Å²) < 4.78 is 0.